The summed E-state index contributed by atoms with van der Waals surface area (Å²) in [6, 6.07) is 0. The van der Waals surface area contributed by atoms with Gasteiger partial charge in [0, 0.05) is 6.10 Å². The quantitative estimate of drug-likeness (QED) is 0.299. The molecule has 0 amide bonds. The molecule has 22 heavy (non-hydrogen) atoms. The Balaban J connectivity index is 3.40. The Kier molecular flexibility index (Phi) is 9.99. The molecule has 0 fully saturated rings. The molecule has 0 radical (unpaired) electrons. The summed E-state index contributed by atoms with van der Waals surface area (Å²) in [5, 5.41) is 0. The van der Waals surface area contributed by atoms with Crippen LogP contribution in [0.2, 0.25) is 19.6 Å². The van der Waals surface area contributed by atoms with E-state index in [1.54, 1.807) is 0 Å². The van der Waals surface area contributed by atoms with Crippen LogP contribution in [0.15, 0.2) is 0 Å². The number of carbonyl (C=O) groups excluding carboxylic acids is 1. The lowest BCUT2D eigenvalue weighted by molar-refractivity contribution is -0.199. The highest BCUT2D eigenvalue weighted by atomic mass is 28.4. The van der Waals surface area contributed by atoms with E-state index in [0.717, 1.165) is 38.5 Å². The topological polar surface area (TPSA) is 35.5 Å². The van der Waals surface area contributed by atoms with E-state index in [2.05, 4.69) is 31.3 Å². The third-order valence-corrected chi connectivity index (χ3v) is 4.13. The number of hydrogen-bond donors (Lipinski definition) is 0. The SMILES string of the molecule is CC(CCCCCCCCOC(=O)C(F)(F)F)O[Si](C)(C)C. The van der Waals surface area contributed by atoms with Gasteiger partial charge in [-0.05, 0) is 39.4 Å². The summed E-state index contributed by atoms with van der Waals surface area (Å²) in [5.41, 5.74) is 0. The molecule has 1 unspecified atom stereocenters. The highest BCUT2D eigenvalue weighted by Gasteiger charge is 2.40. The largest absolute Gasteiger partial charge is 0.490 e. The third-order valence-electron chi connectivity index (χ3n) is 3.02. The van der Waals surface area contributed by atoms with Crippen LogP contribution in [-0.4, -0.2) is 33.2 Å². The van der Waals surface area contributed by atoms with Crippen LogP contribution in [0.3, 0.4) is 0 Å². The number of alkyl halides is 3. The van der Waals surface area contributed by atoms with Crippen LogP contribution in [0.4, 0.5) is 13.2 Å². The van der Waals surface area contributed by atoms with Crippen LogP contribution in [0.5, 0.6) is 0 Å². The normalized spacial score (nSPS) is 14.0. The van der Waals surface area contributed by atoms with Gasteiger partial charge in [-0.3, -0.25) is 0 Å². The summed E-state index contributed by atoms with van der Waals surface area (Å²) in [5.74, 6) is -2.09. The zero-order chi connectivity index (χ0) is 17.2. The highest BCUT2D eigenvalue weighted by molar-refractivity contribution is 6.69. The summed E-state index contributed by atoms with van der Waals surface area (Å²) >= 11 is 0. The summed E-state index contributed by atoms with van der Waals surface area (Å²) in [4.78, 5) is 10.4. The van der Waals surface area contributed by atoms with E-state index in [4.69, 9.17) is 4.43 Å². The zero-order valence-corrected chi connectivity index (χ0v) is 15.1. The average Bonchev–Trinajstić information content (AvgIpc) is 2.33. The van der Waals surface area contributed by atoms with Gasteiger partial charge in [0.2, 0.25) is 0 Å². The molecular formula is C15H29F3O3Si. The molecule has 0 spiro atoms. The fourth-order valence-electron chi connectivity index (χ4n) is 2.15. The van der Waals surface area contributed by atoms with Gasteiger partial charge in [-0.2, -0.15) is 13.2 Å². The van der Waals surface area contributed by atoms with Gasteiger partial charge in [0.15, 0.2) is 8.32 Å². The van der Waals surface area contributed by atoms with Gasteiger partial charge in [-0.1, -0.05) is 32.1 Å². The van der Waals surface area contributed by atoms with E-state index in [1.165, 1.54) is 0 Å². The summed E-state index contributed by atoms with van der Waals surface area (Å²) in [6.45, 7) is 8.48. The molecule has 0 heterocycles. The molecule has 0 aliphatic heterocycles. The monoisotopic (exact) mass is 342 g/mol. The van der Waals surface area contributed by atoms with Gasteiger partial charge in [-0.15, -0.1) is 0 Å². The Bertz CT molecular complexity index is 314. The second-order valence-corrected chi connectivity index (χ2v) is 11.0. The smallest absolute Gasteiger partial charge is 0.459 e. The Labute approximate surface area is 132 Å². The van der Waals surface area contributed by atoms with E-state index in [-0.39, 0.29) is 6.61 Å². The molecule has 0 saturated carbocycles. The predicted molar refractivity (Wildman–Crippen MR) is 83.2 cm³/mol. The third kappa shape index (κ3) is 13.1. The van der Waals surface area contributed by atoms with Crippen molar-refractivity contribution in [2.45, 2.75) is 83.8 Å². The number of unbranched alkanes of at least 4 members (excludes halogenated alkanes) is 5. The minimum Gasteiger partial charge on any atom is -0.459 e. The first-order valence-corrected chi connectivity index (χ1v) is 11.3. The number of carbonyl (C=O) groups is 1. The van der Waals surface area contributed by atoms with Crippen molar-refractivity contribution >= 4 is 14.3 Å². The molecule has 0 bridgehead atoms. The van der Waals surface area contributed by atoms with Gasteiger partial charge in [0.25, 0.3) is 0 Å². The lowest BCUT2D eigenvalue weighted by atomic mass is 10.1. The van der Waals surface area contributed by atoms with Crippen molar-refractivity contribution in [2.75, 3.05) is 6.61 Å². The molecule has 0 aliphatic carbocycles. The average molecular weight is 342 g/mol. The minimum absolute atomic E-state index is 0.153. The first-order valence-electron chi connectivity index (χ1n) is 7.94. The summed E-state index contributed by atoms with van der Waals surface area (Å²) in [6.07, 6.45) is 1.94. The number of ether oxygens (including phenoxy) is 1. The first-order chi connectivity index (χ1) is 10.0. The molecule has 0 aliphatic rings. The molecule has 3 nitrogen and oxygen atoms in total. The minimum atomic E-state index is -4.88. The first kappa shape index (κ1) is 21.4. The van der Waals surface area contributed by atoms with E-state index in [1.807, 2.05) is 0 Å². The molecule has 0 saturated heterocycles. The summed E-state index contributed by atoms with van der Waals surface area (Å²) < 4.78 is 45.6. The molecule has 132 valence electrons. The number of hydrogen-bond acceptors (Lipinski definition) is 3. The number of rotatable bonds is 11. The molecule has 7 heteroatoms. The molecule has 0 aromatic carbocycles. The van der Waals surface area contributed by atoms with Crippen LogP contribution in [0.1, 0.15) is 51.9 Å². The fraction of sp³-hybridized carbons (Fsp3) is 0.933. The number of esters is 1. The van der Waals surface area contributed by atoms with Crippen molar-refractivity contribution in [3.63, 3.8) is 0 Å². The molecular weight excluding hydrogens is 313 g/mol. The van der Waals surface area contributed by atoms with Crippen molar-refractivity contribution in [3.05, 3.63) is 0 Å². The molecule has 1 atom stereocenters. The maximum atomic E-state index is 11.8. The van der Waals surface area contributed by atoms with Gasteiger partial charge in [0.05, 0.1) is 6.61 Å². The molecule has 0 aromatic rings. The molecule has 0 rings (SSSR count). The van der Waals surface area contributed by atoms with E-state index >= 15 is 0 Å². The highest BCUT2D eigenvalue weighted by Crippen LogP contribution is 2.17. The lowest BCUT2D eigenvalue weighted by Gasteiger charge is -2.23. The van der Waals surface area contributed by atoms with Gasteiger partial charge < -0.3 is 9.16 Å². The summed E-state index contributed by atoms with van der Waals surface area (Å²) in [7, 11) is -1.45. The van der Waals surface area contributed by atoms with Gasteiger partial charge >= 0.3 is 12.1 Å². The van der Waals surface area contributed by atoms with E-state index in [9.17, 15) is 18.0 Å². The van der Waals surface area contributed by atoms with Crippen molar-refractivity contribution in [3.8, 4) is 0 Å². The van der Waals surface area contributed by atoms with Crippen molar-refractivity contribution in [1.29, 1.82) is 0 Å². The second kappa shape index (κ2) is 10.3. The van der Waals surface area contributed by atoms with E-state index < -0.39 is 20.5 Å². The zero-order valence-electron chi connectivity index (χ0n) is 14.1. The van der Waals surface area contributed by atoms with Crippen molar-refractivity contribution in [2.24, 2.45) is 0 Å². The molecule has 0 N–H and O–H groups in total. The Morgan fingerprint density at radius 3 is 2.00 bits per heavy atom. The Morgan fingerprint density at radius 2 is 1.50 bits per heavy atom. The maximum Gasteiger partial charge on any atom is 0.490 e. The van der Waals surface area contributed by atoms with E-state index in [0.29, 0.717) is 12.5 Å². The second-order valence-electron chi connectivity index (χ2n) is 6.58. The van der Waals surface area contributed by atoms with Gasteiger partial charge in [-0.25, -0.2) is 4.79 Å². The Morgan fingerprint density at radius 1 is 1.00 bits per heavy atom. The van der Waals surface area contributed by atoms with Crippen molar-refractivity contribution in [1.82, 2.24) is 0 Å². The Hall–Kier alpha value is -0.563. The van der Waals surface area contributed by atoms with Crippen LogP contribution in [-0.2, 0) is 14.0 Å². The lowest BCUT2D eigenvalue weighted by Crippen LogP contribution is -2.30. The van der Waals surface area contributed by atoms with Crippen LogP contribution >= 0.6 is 0 Å². The van der Waals surface area contributed by atoms with Crippen LogP contribution in [0, 0.1) is 0 Å². The fourth-order valence-corrected chi connectivity index (χ4v) is 3.48. The van der Waals surface area contributed by atoms with Crippen LogP contribution < -0.4 is 0 Å². The predicted octanol–water partition coefficient (Wildman–Crippen LogP) is 5.06. The molecule has 0 aromatic heterocycles. The van der Waals surface area contributed by atoms with Crippen molar-refractivity contribution < 1.29 is 27.1 Å². The standard InChI is InChI=1S/C15H29F3O3Si/c1-13(21-22(2,3)4)11-9-7-5-6-8-10-12-20-14(19)15(16,17)18/h13H,5-12H2,1-4H3. The maximum absolute atomic E-state index is 11.8. The number of halogens is 3. The van der Waals surface area contributed by atoms with Crippen LogP contribution in [0.25, 0.3) is 0 Å². The van der Waals surface area contributed by atoms with Gasteiger partial charge in [0.1, 0.15) is 0 Å².